The van der Waals surface area contributed by atoms with Gasteiger partial charge in [0.05, 0.1) is 13.7 Å². The molecular formula is C15H19ClN4O. The highest BCUT2D eigenvalue weighted by Crippen LogP contribution is 2.42. The molecule has 2 N–H and O–H groups in total. The fourth-order valence-electron chi connectivity index (χ4n) is 2.99. The first-order valence-electron chi connectivity index (χ1n) is 6.91. The fraction of sp³-hybridized carbons (Fsp3) is 0.400. The highest BCUT2D eigenvalue weighted by molar-refractivity contribution is 6.31. The molecular weight excluding hydrogens is 288 g/mol. The third kappa shape index (κ3) is 2.41. The lowest BCUT2D eigenvalue weighted by atomic mass is 10.0. The topological polar surface area (TPSA) is 56.3 Å². The number of nitrogens with zero attached hydrogens (tertiary/aromatic N) is 3. The van der Waals surface area contributed by atoms with Gasteiger partial charge >= 0.3 is 0 Å². The van der Waals surface area contributed by atoms with Gasteiger partial charge in [0, 0.05) is 49.2 Å². The minimum absolute atomic E-state index is 0.0966. The van der Waals surface area contributed by atoms with Crippen LogP contribution in [0, 0.1) is 0 Å². The normalized spacial score (nSPS) is 18.0. The molecule has 6 heteroatoms. The van der Waals surface area contributed by atoms with E-state index >= 15 is 0 Å². The van der Waals surface area contributed by atoms with Gasteiger partial charge in [0.15, 0.2) is 0 Å². The molecule has 0 radical (unpaired) electrons. The number of hydrogen-bond donors (Lipinski definition) is 1. The number of aryl methyl sites for hydroxylation is 1. The van der Waals surface area contributed by atoms with Crippen molar-refractivity contribution in [3.05, 3.63) is 46.5 Å². The third-order valence-electron chi connectivity index (χ3n) is 4.10. The fourth-order valence-corrected chi connectivity index (χ4v) is 3.29. The zero-order valence-corrected chi connectivity index (χ0v) is 13.0. The third-order valence-corrected chi connectivity index (χ3v) is 4.43. The van der Waals surface area contributed by atoms with Gasteiger partial charge in [-0.25, -0.2) is 4.98 Å². The molecule has 1 unspecified atom stereocenters. The van der Waals surface area contributed by atoms with Crippen molar-refractivity contribution in [3.8, 4) is 5.75 Å². The first-order valence-corrected chi connectivity index (χ1v) is 7.29. The Labute approximate surface area is 129 Å². The molecule has 112 valence electrons. The van der Waals surface area contributed by atoms with E-state index in [0.717, 1.165) is 40.8 Å². The lowest BCUT2D eigenvalue weighted by Crippen LogP contribution is -2.28. The number of benzene rings is 1. The first kappa shape index (κ1) is 14.4. The van der Waals surface area contributed by atoms with Crippen LogP contribution in [0.15, 0.2) is 24.5 Å². The molecule has 0 saturated heterocycles. The second-order valence-electron chi connectivity index (χ2n) is 5.25. The summed E-state index contributed by atoms with van der Waals surface area (Å²) >= 11 is 6.39. The molecule has 0 fully saturated rings. The highest BCUT2D eigenvalue weighted by Gasteiger charge is 2.34. The average Bonchev–Trinajstić information content (AvgIpc) is 3.04. The lowest BCUT2D eigenvalue weighted by Gasteiger charge is -2.23. The van der Waals surface area contributed by atoms with E-state index in [4.69, 9.17) is 22.1 Å². The van der Waals surface area contributed by atoms with E-state index in [-0.39, 0.29) is 6.04 Å². The van der Waals surface area contributed by atoms with E-state index in [1.165, 1.54) is 0 Å². The minimum atomic E-state index is 0.0966. The molecule has 5 nitrogen and oxygen atoms in total. The van der Waals surface area contributed by atoms with Crippen molar-refractivity contribution in [1.82, 2.24) is 14.5 Å². The molecule has 1 atom stereocenters. The van der Waals surface area contributed by atoms with Crippen molar-refractivity contribution in [3.63, 3.8) is 0 Å². The van der Waals surface area contributed by atoms with Crippen LogP contribution >= 0.6 is 11.6 Å². The van der Waals surface area contributed by atoms with E-state index in [2.05, 4.69) is 9.88 Å². The van der Waals surface area contributed by atoms with Gasteiger partial charge < -0.3 is 15.0 Å². The predicted octanol–water partition coefficient (Wildman–Crippen LogP) is 2.10. The number of fused-ring (bicyclic) bond motifs is 1. The van der Waals surface area contributed by atoms with Crippen molar-refractivity contribution in [2.75, 3.05) is 13.7 Å². The van der Waals surface area contributed by atoms with Crippen molar-refractivity contribution in [2.24, 2.45) is 12.8 Å². The van der Waals surface area contributed by atoms with Gasteiger partial charge in [0.2, 0.25) is 0 Å². The number of rotatable bonds is 4. The maximum Gasteiger partial charge on any atom is 0.123 e. The van der Waals surface area contributed by atoms with Gasteiger partial charge in [-0.2, -0.15) is 0 Å². The van der Waals surface area contributed by atoms with Gasteiger partial charge in [-0.15, -0.1) is 0 Å². The summed E-state index contributed by atoms with van der Waals surface area (Å²) in [4.78, 5) is 6.69. The number of aromatic nitrogens is 2. The maximum atomic E-state index is 6.39. The summed E-state index contributed by atoms with van der Waals surface area (Å²) in [6.07, 6.45) is 3.76. The number of hydrogen-bond acceptors (Lipinski definition) is 4. The zero-order valence-electron chi connectivity index (χ0n) is 12.2. The average molecular weight is 307 g/mol. The largest absolute Gasteiger partial charge is 0.496 e. The first-order chi connectivity index (χ1) is 10.2. The molecule has 2 aromatic rings. The summed E-state index contributed by atoms with van der Waals surface area (Å²) in [6.45, 7) is 2.03. The van der Waals surface area contributed by atoms with Crippen LogP contribution in [0.1, 0.15) is 23.0 Å². The molecule has 1 aliphatic heterocycles. The summed E-state index contributed by atoms with van der Waals surface area (Å²) in [7, 11) is 3.68. The SMILES string of the molecule is COc1ccc(Cl)c2c1CN(Cc1nccn1C)C2CN. The monoisotopic (exact) mass is 306 g/mol. The predicted molar refractivity (Wildman–Crippen MR) is 82.3 cm³/mol. The highest BCUT2D eigenvalue weighted by atomic mass is 35.5. The molecule has 0 spiro atoms. The lowest BCUT2D eigenvalue weighted by molar-refractivity contribution is 0.203. The maximum absolute atomic E-state index is 6.39. The van der Waals surface area contributed by atoms with Gasteiger partial charge in [-0.3, -0.25) is 4.90 Å². The summed E-state index contributed by atoms with van der Waals surface area (Å²) in [5, 5.41) is 0.753. The molecule has 0 saturated carbocycles. The van der Waals surface area contributed by atoms with Gasteiger partial charge in [-0.05, 0) is 17.7 Å². The Morgan fingerprint density at radius 3 is 2.90 bits per heavy atom. The smallest absolute Gasteiger partial charge is 0.123 e. The molecule has 2 heterocycles. The van der Waals surface area contributed by atoms with Crippen LogP contribution in [0.3, 0.4) is 0 Å². The quantitative estimate of drug-likeness (QED) is 0.940. The zero-order chi connectivity index (χ0) is 15.0. The van der Waals surface area contributed by atoms with Crippen LogP contribution in [0.2, 0.25) is 5.02 Å². The number of methoxy groups -OCH3 is 1. The van der Waals surface area contributed by atoms with Gasteiger partial charge in [0.1, 0.15) is 11.6 Å². The van der Waals surface area contributed by atoms with Gasteiger partial charge in [0.25, 0.3) is 0 Å². The Morgan fingerprint density at radius 2 is 2.29 bits per heavy atom. The Kier molecular flexibility index (Phi) is 3.89. The Morgan fingerprint density at radius 1 is 1.48 bits per heavy atom. The molecule has 21 heavy (non-hydrogen) atoms. The Hall–Kier alpha value is -1.56. The summed E-state index contributed by atoms with van der Waals surface area (Å²) in [6, 6.07) is 3.89. The Balaban J connectivity index is 1.96. The molecule has 1 aliphatic rings. The van der Waals surface area contributed by atoms with Crippen molar-refractivity contribution < 1.29 is 4.74 Å². The molecule has 1 aromatic carbocycles. The van der Waals surface area contributed by atoms with Crippen LogP contribution < -0.4 is 10.5 Å². The summed E-state index contributed by atoms with van der Waals surface area (Å²) < 4.78 is 7.49. The minimum Gasteiger partial charge on any atom is -0.496 e. The Bertz CT molecular complexity index is 655. The summed E-state index contributed by atoms with van der Waals surface area (Å²) in [5.41, 5.74) is 8.22. The van der Waals surface area contributed by atoms with Crippen LogP contribution in [-0.2, 0) is 20.1 Å². The van der Waals surface area contributed by atoms with E-state index in [9.17, 15) is 0 Å². The van der Waals surface area contributed by atoms with Gasteiger partial charge in [-0.1, -0.05) is 11.6 Å². The summed E-state index contributed by atoms with van der Waals surface area (Å²) in [5.74, 6) is 1.88. The molecule has 3 rings (SSSR count). The number of imidazole rings is 1. The van der Waals surface area contributed by atoms with Crippen LogP contribution in [0.4, 0.5) is 0 Å². The number of ether oxygens (including phenoxy) is 1. The van der Waals surface area contributed by atoms with E-state index in [1.807, 2.05) is 36.1 Å². The second-order valence-corrected chi connectivity index (χ2v) is 5.66. The molecule has 1 aromatic heterocycles. The van der Waals surface area contributed by atoms with Crippen molar-refractivity contribution in [2.45, 2.75) is 19.1 Å². The van der Waals surface area contributed by atoms with Crippen LogP contribution in [-0.4, -0.2) is 28.1 Å². The van der Waals surface area contributed by atoms with Crippen LogP contribution in [0.5, 0.6) is 5.75 Å². The van der Waals surface area contributed by atoms with Crippen LogP contribution in [0.25, 0.3) is 0 Å². The molecule has 0 amide bonds. The number of halogens is 1. The van der Waals surface area contributed by atoms with E-state index < -0.39 is 0 Å². The van der Waals surface area contributed by atoms with Crippen molar-refractivity contribution in [1.29, 1.82) is 0 Å². The van der Waals surface area contributed by atoms with E-state index in [0.29, 0.717) is 6.54 Å². The van der Waals surface area contributed by atoms with Crippen molar-refractivity contribution >= 4 is 11.6 Å². The second kappa shape index (κ2) is 5.67. The van der Waals surface area contributed by atoms with E-state index in [1.54, 1.807) is 7.11 Å². The number of nitrogens with two attached hydrogens (primary N) is 1. The standard InChI is InChI=1S/C15H19ClN4O/c1-19-6-5-18-14(19)9-20-8-10-13(21-2)4-3-11(16)15(10)12(20)7-17/h3-6,12H,7-9,17H2,1-2H3. The molecule has 0 aliphatic carbocycles. The molecule has 0 bridgehead atoms.